The Morgan fingerprint density at radius 3 is 2.40 bits per heavy atom. The molecule has 1 aromatic carbocycles. The molecule has 5 N–H and O–H groups in total. The van der Waals surface area contributed by atoms with Gasteiger partial charge in [-0.25, -0.2) is 0 Å². The first-order chi connectivity index (χ1) is 11.0. The molecule has 0 aromatic heterocycles. The number of carbonyl (C=O) groups excluding carboxylic acids is 2. The van der Waals surface area contributed by atoms with Gasteiger partial charge in [0.2, 0.25) is 11.8 Å². The van der Waals surface area contributed by atoms with Gasteiger partial charge in [-0.3, -0.25) is 9.59 Å². The summed E-state index contributed by atoms with van der Waals surface area (Å²) >= 11 is 0. The quantitative estimate of drug-likeness (QED) is 0.693. The number of hydrogen-bond donors (Lipinski definition) is 3. The highest BCUT2D eigenvalue weighted by molar-refractivity contribution is 5.94. The van der Waals surface area contributed by atoms with Crippen molar-refractivity contribution < 1.29 is 9.59 Å². The minimum absolute atomic E-state index is 0. The molecule has 0 saturated carbocycles. The van der Waals surface area contributed by atoms with Gasteiger partial charge >= 0.3 is 0 Å². The van der Waals surface area contributed by atoms with E-state index in [0.717, 1.165) is 37.3 Å². The standard InChI is InChI=1S/C17H26N4O2.2ClH/c1-12(18)6-7-16(22)20-14-4-2-3-5-15(14)21-10-8-13(9-11-21)17(19)23;;/h2-5,12-13H,6-11,18H2,1H3,(H2,19,23)(H,20,22);2*1H. The largest absolute Gasteiger partial charge is 0.370 e. The molecule has 1 heterocycles. The van der Waals surface area contributed by atoms with E-state index in [1.54, 1.807) is 0 Å². The predicted molar refractivity (Wildman–Crippen MR) is 107 cm³/mol. The van der Waals surface area contributed by atoms with E-state index < -0.39 is 0 Å². The zero-order valence-electron chi connectivity index (χ0n) is 14.4. The molecular formula is C17H28Cl2N4O2. The van der Waals surface area contributed by atoms with Crippen LogP contribution in [0.3, 0.4) is 0 Å². The number of anilines is 2. The van der Waals surface area contributed by atoms with Gasteiger partial charge in [0.1, 0.15) is 0 Å². The molecule has 2 rings (SSSR count). The van der Waals surface area contributed by atoms with Gasteiger partial charge in [0.25, 0.3) is 0 Å². The summed E-state index contributed by atoms with van der Waals surface area (Å²) in [7, 11) is 0. The number of nitrogens with two attached hydrogens (primary N) is 2. The van der Waals surface area contributed by atoms with Crippen LogP contribution in [0.5, 0.6) is 0 Å². The van der Waals surface area contributed by atoms with E-state index in [0.29, 0.717) is 12.8 Å². The molecule has 1 unspecified atom stereocenters. The number of benzene rings is 1. The number of para-hydroxylation sites is 2. The summed E-state index contributed by atoms with van der Waals surface area (Å²) in [5.74, 6) is -0.289. The van der Waals surface area contributed by atoms with Crippen LogP contribution in [0.15, 0.2) is 24.3 Å². The van der Waals surface area contributed by atoms with Crippen molar-refractivity contribution in [3.8, 4) is 0 Å². The molecule has 8 heteroatoms. The van der Waals surface area contributed by atoms with Crippen LogP contribution in [0.1, 0.15) is 32.6 Å². The number of carbonyl (C=O) groups is 2. The summed E-state index contributed by atoms with van der Waals surface area (Å²) in [6, 6.07) is 7.77. The Morgan fingerprint density at radius 1 is 1.24 bits per heavy atom. The van der Waals surface area contributed by atoms with E-state index in [1.165, 1.54) is 0 Å². The molecule has 0 bridgehead atoms. The van der Waals surface area contributed by atoms with Gasteiger partial charge in [-0.15, -0.1) is 24.8 Å². The van der Waals surface area contributed by atoms with Crippen molar-refractivity contribution in [2.45, 2.75) is 38.6 Å². The predicted octanol–water partition coefficient (Wildman–Crippen LogP) is 2.30. The first-order valence-electron chi connectivity index (χ1n) is 8.16. The van der Waals surface area contributed by atoms with E-state index in [-0.39, 0.29) is 48.6 Å². The van der Waals surface area contributed by atoms with Crippen LogP contribution in [0, 0.1) is 5.92 Å². The Kier molecular flexibility index (Phi) is 10.5. The number of amides is 2. The average Bonchev–Trinajstić information content (AvgIpc) is 2.53. The molecule has 0 radical (unpaired) electrons. The molecule has 2 amide bonds. The van der Waals surface area contributed by atoms with Crippen LogP contribution in [0.2, 0.25) is 0 Å². The third-order valence-electron chi connectivity index (χ3n) is 4.24. The maximum absolute atomic E-state index is 12.0. The second kappa shape index (κ2) is 11.2. The van der Waals surface area contributed by atoms with Crippen LogP contribution in [-0.2, 0) is 9.59 Å². The van der Waals surface area contributed by atoms with Gasteiger partial charge in [0.05, 0.1) is 11.4 Å². The lowest BCUT2D eigenvalue weighted by Crippen LogP contribution is -2.38. The maximum atomic E-state index is 12.0. The van der Waals surface area contributed by atoms with Crippen molar-refractivity contribution in [1.29, 1.82) is 0 Å². The highest BCUT2D eigenvalue weighted by Crippen LogP contribution is 2.29. The van der Waals surface area contributed by atoms with Crippen molar-refractivity contribution in [1.82, 2.24) is 0 Å². The monoisotopic (exact) mass is 390 g/mol. The Morgan fingerprint density at radius 2 is 1.84 bits per heavy atom. The Hall–Kier alpha value is -1.50. The second-order valence-electron chi connectivity index (χ2n) is 6.24. The lowest BCUT2D eigenvalue weighted by atomic mass is 9.96. The molecule has 1 aliphatic rings. The number of primary amides is 1. The van der Waals surface area contributed by atoms with E-state index in [2.05, 4.69) is 10.2 Å². The van der Waals surface area contributed by atoms with Gasteiger partial charge in [0, 0.05) is 31.5 Å². The molecule has 6 nitrogen and oxygen atoms in total. The average molecular weight is 391 g/mol. The first-order valence-corrected chi connectivity index (χ1v) is 8.16. The highest BCUT2D eigenvalue weighted by atomic mass is 35.5. The van der Waals surface area contributed by atoms with E-state index in [9.17, 15) is 9.59 Å². The van der Waals surface area contributed by atoms with Crippen LogP contribution in [0.4, 0.5) is 11.4 Å². The van der Waals surface area contributed by atoms with Crippen LogP contribution in [0.25, 0.3) is 0 Å². The topological polar surface area (TPSA) is 101 Å². The molecule has 1 saturated heterocycles. The first kappa shape index (κ1) is 23.5. The van der Waals surface area contributed by atoms with E-state index >= 15 is 0 Å². The molecule has 142 valence electrons. The molecule has 1 aromatic rings. The third kappa shape index (κ3) is 7.10. The van der Waals surface area contributed by atoms with Crippen molar-refractivity contribution in [3.05, 3.63) is 24.3 Å². The molecule has 1 fully saturated rings. The van der Waals surface area contributed by atoms with Gasteiger partial charge in [-0.2, -0.15) is 0 Å². The zero-order valence-corrected chi connectivity index (χ0v) is 16.1. The fraction of sp³-hybridized carbons (Fsp3) is 0.529. The molecular weight excluding hydrogens is 363 g/mol. The lowest BCUT2D eigenvalue weighted by Gasteiger charge is -2.33. The van der Waals surface area contributed by atoms with Crippen LogP contribution >= 0.6 is 24.8 Å². The molecule has 25 heavy (non-hydrogen) atoms. The number of hydrogen-bond acceptors (Lipinski definition) is 4. The van der Waals surface area contributed by atoms with Gasteiger partial charge in [-0.1, -0.05) is 12.1 Å². The molecule has 1 aliphatic heterocycles. The third-order valence-corrected chi connectivity index (χ3v) is 4.24. The smallest absolute Gasteiger partial charge is 0.224 e. The number of rotatable bonds is 6. The summed E-state index contributed by atoms with van der Waals surface area (Å²) in [5.41, 5.74) is 12.9. The molecule has 0 aliphatic carbocycles. The summed E-state index contributed by atoms with van der Waals surface area (Å²) in [6.07, 6.45) is 2.58. The summed E-state index contributed by atoms with van der Waals surface area (Å²) in [6.45, 7) is 3.42. The van der Waals surface area contributed by atoms with Crippen molar-refractivity contribution in [2.24, 2.45) is 17.4 Å². The normalized spacial score (nSPS) is 15.5. The minimum atomic E-state index is -0.220. The van der Waals surface area contributed by atoms with Crippen LogP contribution < -0.4 is 21.7 Å². The van der Waals surface area contributed by atoms with E-state index in [4.69, 9.17) is 11.5 Å². The molecule has 0 spiro atoms. The van der Waals surface area contributed by atoms with Gasteiger partial charge < -0.3 is 21.7 Å². The number of nitrogens with one attached hydrogen (secondary N) is 1. The van der Waals surface area contributed by atoms with Gasteiger partial charge in [-0.05, 0) is 38.3 Å². The maximum Gasteiger partial charge on any atom is 0.224 e. The Bertz CT molecular complexity index is 561. The minimum Gasteiger partial charge on any atom is -0.370 e. The fourth-order valence-electron chi connectivity index (χ4n) is 2.83. The Labute approximate surface area is 161 Å². The second-order valence-corrected chi connectivity index (χ2v) is 6.24. The number of piperidine rings is 1. The van der Waals surface area contributed by atoms with Crippen LogP contribution in [-0.4, -0.2) is 30.9 Å². The number of halogens is 2. The van der Waals surface area contributed by atoms with E-state index in [1.807, 2.05) is 31.2 Å². The summed E-state index contributed by atoms with van der Waals surface area (Å²) < 4.78 is 0. The highest BCUT2D eigenvalue weighted by Gasteiger charge is 2.24. The fourth-order valence-corrected chi connectivity index (χ4v) is 2.83. The lowest BCUT2D eigenvalue weighted by molar-refractivity contribution is -0.122. The van der Waals surface area contributed by atoms with Crippen molar-refractivity contribution in [2.75, 3.05) is 23.3 Å². The molecule has 1 atom stereocenters. The Balaban J connectivity index is 0.00000288. The summed E-state index contributed by atoms with van der Waals surface area (Å²) in [5, 5.41) is 2.97. The van der Waals surface area contributed by atoms with Gasteiger partial charge in [0.15, 0.2) is 0 Å². The van der Waals surface area contributed by atoms with Crippen molar-refractivity contribution >= 4 is 48.0 Å². The SMILES string of the molecule is CC(N)CCC(=O)Nc1ccccc1N1CCC(C(N)=O)CC1.Cl.Cl. The summed E-state index contributed by atoms with van der Waals surface area (Å²) in [4.78, 5) is 25.5. The number of nitrogens with zero attached hydrogens (tertiary/aromatic N) is 1. The zero-order chi connectivity index (χ0) is 16.8. The van der Waals surface area contributed by atoms with Crippen molar-refractivity contribution in [3.63, 3.8) is 0 Å².